The van der Waals surface area contributed by atoms with E-state index in [2.05, 4.69) is 84.0 Å². The van der Waals surface area contributed by atoms with Crippen molar-refractivity contribution in [1.82, 2.24) is 14.7 Å². The highest BCUT2D eigenvalue weighted by molar-refractivity contribution is 7.05. The third-order valence-corrected chi connectivity index (χ3v) is 11.3. The SMILES string of the molecule is Cc1nsc(C(CO[Si](c2ccccc2)(c2ccccc2)C(C)(C)C)NC(=O)OC(C)(C)C)n1. The summed E-state index contributed by atoms with van der Waals surface area (Å²) in [6, 6.07) is 20.4. The van der Waals surface area contributed by atoms with Crippen LogP contribution in [0.2, 0.25) is 5.04 Å². The number of aromatic nitrogens is 2. The predicted molar refractivity (Wildman–Crippen MR) is 140 cm³/mol. The molecule has 0 saturated heterocycles. The highest BCUT2D eigenvalue weighted by atomic mass is 32.1. The van der Waals surface area contributed by atoms with Crippen molar-refractivity contribution in [3.05, 3.63) is 71.5 Å². The van der Waals surface area contributed by atoms with Gasteiger partial charge in [-0.3, -0.25) is 0 Å². The average Bonchev–Trinajstić information content (AvgIpc) is 3.19. The lowest BCUT2D eigenvalue weighted by Crippen LogP contribution is -2.67. The molecule has 0 fully saturated rings. The molecule has 1 aromatic heterocycles. The highest BCUT2D eigenvalue weighted by Gasteiger charge is 2.50. The standard InChI is InChI=1S/C26H35N3O3SSi/c1-19-27-23(33-29-19)22(28-24(30)32-25(2,3)4)18-31-34(26(5,6)7,20-14-10-8-11-15-20)21-16-12-9-13-17-21/h8-17,22H,18H2,1-7H3,(H,28,30). The molecule has 34 heavy (non-hydrogen) atoms. The molecule has 2 aromatic carbocycles. The number of nitrogens with zero attached hydrogens (tertiary/aromatic N) is 2. The summed E-state index contributed by atoms with van der Waals surface area (Å²) in [6.45, 7) is 14.3. The lowest BCUT2D eigenvalue weighted by atomic mass is 10.2. The summed E-state index contributed by atoms with van der Waals surface area (Å²) >= 11 is 1.27. The third kappa shape index (κ3) is 6.11. The molecule has 1 heterocycles. The Morgan fingerprint density at radius 2 is 1.50 bits per heavy atom. The van der Waals surface area contributed by atoms with Crippen LogP contribution in [0.1, 0.15) is 58.4 Å². The van der Waals surface area contributed by atoms with Gasteiger partial charge in [-0.05, 0) is 54.6 Å². The molecule has 0 radical (unpaired) electrons. The van der Waals surface area contributed by atoms with Gasteiger partial charge < -0.3 is 14.5 Å². The molecule has 0 saturated carbocycles. The molecule has 1 N–H and O–H groups in total. The Bertz CT molecular complexity index is 1040. The Hall–Kier alpha value is -2.55. The lowest BCUT2D eigenvalue weighted by molar-refractivity contribution is 0.0485. The lowest BCUT2D eigenvalue weighted by Gasteiger charge is -2.43. The van der Waals surface area contributed by atoms with Gasteiger partial charge in [0.25, 0.3) is 8.32 Å². The summed E-state index contributed by atoms with van der Waals surface area (Å²) in [5, 5.41) is 5.85. The number of rotatable bonds is 7. The number of carbonyl (C=O) groups excluding carboxylic acids is 1. The van der Waals surface area contributed by atoms with Crippen LogP contribution >= 0.6 is 11.5 Å². The number of amides is 1. The van der Waals surface area contributed by atoms with Gasteiger partial charge in [0.1, 0.15) is 22.5 Å². The van der Waals surface area contributed by atoms with Crippen LogP contribution in [0.25, 0.3) is 0 Å². The van der Waals surface area contributed by atoms with Crippen LogP contribution in [0.4, 0.5) is 4.79 Å². The molecular weight excluding hydrogens is 462 g/mol. The molecule has 182 valence electrons. The third-order valence-electron chi connectivity index (χ3n) is 5.42. The van der Waals surface area contributed by atoms with Crippen LogP contribution in [0.3, 0.4) is 0 Å². The maximum atomic E-state index is 12.7. The Labute approximate surface area is 208 Å². The molecule has 3 aromatic rings. The van der Waals surface area contributed by atoms with Gasteiger partial charge in [-0.15, -0.1) is 0 Å². The van der Waals surface area contributed by atoms with E-state index in [0.29, 0.717) is 10.8 Å². The van der Waals surface area contributed by atoms with E-state index in [1.807, 2.05) is 39.8 Å². The maximum absolute atomic E-state index is 12.7. The van der Waals surface area contributed by atoms with E-state index in [9.17, 15) is 4.79 Å². The zero-order valence-electron chi connectivity index (χ0n) is 21.1. The zero-order valence-corrected chi connectivity index (χ0v) is 22.9. The molecular formula is C26H35N3O3SSi. The summed E-state index contributed by atoms with van der Waals surface area (Å²) in [6.07, 6.45) is -0.503. The maximum Gasteiger partial charge on any atom is 0.408 e. The Morgan fingerprint density at radius 1 is 0.971 bits per heavy atom. The van der Waals surface area contributed by atoms with E-state index in [1.165, 1.54) is 21.9 Å². The average molecular weight is 498 g/mol. The Kier molecular flexibility index (Phi) is 7.95. The number of hydrogen-bond acceptors (Lipinski definition) is 6. The van der Waals surface area contributed by atoms with Gasteiger partial charge in [0.15, 0.2) is 0 Å². The molecule has 8 heteroatoms. The Morgan fingerprint density at radius 3 is 1.91 bits per heavy atom. The quantitative estimate of drug-likeness (QED) is 0.466. The van der Waals surface area contributed by atoms with Gasteiger partial charge in [-0.25, -0.2) is 9.78 Å². The van der Waals surface area contributed by atoms with Crippen LogP contribution in [0.15, 0.2) is 60.7 Å². The molecule has 3 rings (SSSR count). The fourth-order valence-electron chi connectivity index (χ4n) is 4.05. The summed E-state index contributed by atoms with van der Waals surface area (Å²) in [5.41, 5.74) is -0.607. The van der Waals surface area contributed by atoms with Gasteiger partial charge in [0.05, 0.1) is 6.61 Å². The van der Waals surface area contributed by atoms with Crippen molar-refractivity contribution >= 4 is 36.3 Å². The van der Waals surface area contributed by atoms with Crippen molar-refractivity contribution in [2.24, 2.45) is 0 Å². The second kappa shape index (κ2) is 10.4. The predicted octanol–water partition coefficient (Wildman–Crippen LogP) is 4.99. The van der Waals surface area contributed by atoms with Gasteiger partial charge in [0, 0.05) is 0 Å². The monoisotopic (exact) mass is 497 g/mol. The first-order valence-electron chi connectivity index (χ1n) is 11.5. The van der Waals surface area contributed by atoms with Crippen molar-refractivity contribution in [1.29, 1.82) is 0 Å². The number of hydrogen-bond donors (Lipinski definition) is 1. The van der Waals surface area contributed by atoms with E-state index in [-0.39, 0.29) is 11.6 Å². The van der Waals surface area contributed by atoms with Gasteiger partial charge in [-0.2, -0.15) is 4.37 Å². The van der Waals surface area contributed by atoms with Crippen LogP contribution in [-0.4, -0.2) is 36.0 Å². The molecule has 0 bridgehead atoms. The number of nitrogens with one attached hydrogen (secondary N) is 1. The minimum atomic E-state index is -2.77. The summed E-state index contributed by atoms with van der Waals surface area (Å²) in [5.74, 6) is 0.668. The van der Waals surface area contributed by atoms with Crippen molar-refractivity contribution < 1.29 is 14.0 Å². The number of benzene rings is 2. The first-order valence-corrected chi connectivity index (χ1v) is 14.2. The van der Waals surface area contributed by atoms with E-state index >= 15 is 0 Å². The number of alkyl carbamates (subject to hydrolysis) is 1. The second-order valence-electron chi connectivity index (χ2n) is 10.4. The van der Waals surface area contributed by atoms with E-state index in [4.69, 9.17) is 9.16 Å². The van der Waals surface area contributed by atoms with Crippen LogP contribution in [-0.2, 0) is 9.16 Å². The molecule has 0 aliphatic rings. The second-order valence-corrected chi connectivity index (χ2v) is 15.4. The zero-order chi connectivity index (χ0) is 25.0. The molecule has 1 unspecified atom stereocenters. The normalized spacial score (nSPS) is 13.4. The van der Waals surface area contributed by atoms with Gasteiger partial charge >= 0.3 is 6.09 Å². The van der Waals surface area contributed by atoms with Gasteiger partial charge in [0.2, 0.25) is 0 Å². The van der Waals surface area contributed by atoms with Crippen LogP contribution in [0.5, 0.6) is 0 Å². The number of ether oxygens (including phenoxy) is 1. The fourth-order valence-corrected chi connectivity index (χ4v) is 9.31. The minimum Gasteiger partial charge on any atom is -0.444 e. The number of aryl methyl sites for hydroxylation is 1. The largest absolute Gasteiger partial charge is 0.444 e. The first kappa shape index (κ1) is 26.1. The van der Waals surface area contributed by atoms with Crippen molar-refractivity contribution in [3.8, 4) is 0 Å². The fraction of sp³-hybridized carbons (Fsp3) is 0.423. The first-order chi connectivity index (χ1) is 15.9. The summed E-state index contributed by atoms with van der Waals surface area (Å²) < 4.78 is 16.9. The number of carbonyl (C=O) groups is 1. The summed E-state index contributed by atoms with van der Waals surface area (Å²) in [7, 11) is -2.77. The molecule has 0 spiro atoms. The van der Waals surface area contributed by atoms with Gasteiger partial charge in [-0.1, -0.05) is 81.4 Å². The molecule has 0 aliphatic carbocycles. The molecule has 6 nitrogen and oxygen atoms in total. The molecule has 1 atom stereocenters. The van der Waals surface area contributed by atoms with E-state index in [0.717, 1.165) is 0 Å². The van der Waals surface area contributed by atoms with E-state index in [1.54, 1.807) is 0 Å². The topological polar surface area (TPSA) is 73.3 Å². The van der Waals surface area contributed by atoms with Crippen molar-refractivity contribution in [3.63, 3.8) is 0 Å². The van der Waals surface area contributed by atoms with E-state index < -0.39 is 26.1 Å². The smallest absolute Gasteiger partial charge is 0.408 e. The molecule has 0 aliphatic heterocycles. The highest BCUT2D eigenvalue weighted by Crippen LogP contribution is 2.37. The van der Waals surface area contributed by atoms with Crippen molar-refractivity contribution in [2.75, 3.05) is 6.61 Å². The van der Waals surface area contributed by atoms with Crippen LogP contribution < -0.4 is 15.7 Å². The summed E-state index contributed by atoms with van der Waals surface area (Å²) in [4.78, 5) is 17.2. The molecule has 1 amide bonds. The Balaban J connectivity index is 2.02. The van der Waals surface area contributed by atoms with Crippen molar-refractivity contribution in [2.45, 2.75) is 65.1 Å². The minimum absolute atomic E-state index is 0.177. The van der Waals surface area contributed by atoms with Crippen LogP contribution in [0, 0.1) is 6.92 Å².